The van der Waals surface area contributed by atoms with Crippen molar-refractivity contribution in [3.8, 4) is 0 Å². The van der Waals surface area contributed by atoms with Crippen molar-refractivity contribution < 1.29 is 4.74 Å². The first kappa shape index (κ1) is 13.6. The maximum atomic E-state index is 5.46. The van der Waals surface area contributed by atoms with Gasteiger partial charge < -0.3 is 10.1 Å². The van der Waals surface area contributed by atoms with Gasteiger partial charge in [-0.2, -0.15) is 0 Å². The van der Waals surface area contributed by atoms with Crippen LogP contribution >= 0.6 is 0 Å². The highest BCUT2D eigenvalue weighted by Crippen LogP contribution is 2.22. The zero-order chi connectivity index (χ0) is 11.8. The largest absolute Gasteiger partial charge is 0.501 e. The fourth-order valence-electron chi connectivity index (χ4n) is 2.09. The van der Waals surface area contributed by atoms with Gasteiger partial charge in [-0.05, 0) is 43.7 Å². The molecule has 2 heteroatoms. The van der Waals surface area contributed by atoms with Gasteiger partial charge in [-0.25, -0.2) is 0 Å². The van der Waals surface area contributed by atoms with Gasteiger partial charge in [0.1, 0.15) is 0 Å². The summed E-state index contributed by atoms with van der Waals surface area (Å²) in [4.78, 5) is 0. The molecule has 0 saturated heterocycles. The molecule has 0 fully saturated rings. The molecule has 1 aliphatic rings. The Labute approximate surface area is 100 Å². The van der Waals surface area contributed by atoms with Gasteiger partial charge in [-0.1, -0.05) is 27.2 Å². The summed E-state index contributed by atoms with van der Waals surface area (Å²) in [6.45, 7) is 8.84. The van der Waals surface area contributed by atoms with E-state index in [0.29, 0.717) is 6.04 Å². The van der Waals surface area contributed by atoms with E-state index in [9.17, 15) is 0 Å². The molecule has 0 aromatic rings. The first-order valence-corrected chi connectivity index (χ1v) is 6.81. The van der Waals surface area contributed by atoms with Gasteiger partial charge in [0.05, 0.1) is 12.9 Å². The molecule has 2 atom stereocenters. The fourth-order valence-corrected chi connectivity index (χ4v) is 2.09. The fraction of sp³-hybridized carbons (Fsp3) is 0.857. The highest BCUT2D eigenvalue weighted by atomic mass is 16.5. The van der Waals surface area contributed by atoms with Crippen LogP contribution in [0.1, 0.15) is 52.9 Å². The van der Waals surface area contributed by atoms with Crippen molar-refractivity contribution >= 4 is 0 Å². The molecule has 16 heavy (non-hydrogen) atoms. The van der Waals surface area contributed by atoms with E-state index in [1.54, 1.807) is 0 Å². The minimum absolute atomic E-state index is 0.537. The molecular formula is C14H27NO. The summed E-state index contributed by atoms with van der Waals surface area (Å²) >= 11 is 0. The molecule has 0 aromatic heterocycles. The molecule has 2 unspecified atom stereocenters. The molecule has 94 valence electrons. The Hall–Kier alpha value is -0.500. The second-order valence-corrected chi connectivity index (χ2v) is 4.92. The highest BCUT2D eigenvalue weighted by Gasteiger charge is 2.18. The number of nitrogens with one attached hydrogen (secondary N) is 1. The SMILES string of the molecule is CCCNC(CC(C)CC)C1=COCCC1. The van der Waals surface area contributed by atoms with Gasteiger partial charge in [0, 0.05) is 6.04 Å². The third kappa shape index (κ3) is 4.56. The molecule has 0 saturated carbocycles. The summed E-state index contributed by atoms with van der Waals surface area (Å²) in [6, 6.07) is 0.537. The predicted octanol–water partition coefficient (Wildman–Crippen LogP) is 3.49. The summed E-state index contributed by atoms with van der Waals surface area (Å²) in [7, 11) is 0. The average molecular weight is 225 g/mol. The molecule has 1 heterocycles. The first-order chi connectivity index (χ1) is 7.77. The minimum Gasteiger partial charge on any atom is -0.501 e. The van der Waals surface area contributed by atoms with Gasteiger partial charge in [-0.3, -0.25) is 0 Å². The van der Waals surface area contributed by atoms with E-state index in [2.05, 4.69) is 26.1 Å². The maximum absolute atomic E-state index is 5.46. The second-order valence-electron chi connectivity index (χ2n) is 4.92. The zero-order valence-corrected chi connectivity index (χ0v) is 11.1. The van der Waals surface area contributed by atoms with E-state index >= 15 is 0 Å². The van der Waals surface area contributed by atoms with Crippen LogP contribution in [0.25, 0.3) is 0 Å². The van der Waals surface area contributed by atoms with Gasteiger partial charge >= 0.3 is 0 Å². The highest BCUT2D eigenvalue weighted by molar-refractivity contribution is 5.10. The van der Waals surface area contributed by atoms with Gasteiger partial charge in [0.2, 0.25) is 0 Å². The number of hydrogen-bond donors (Lipinski definition) is 1. The summed E-state index contributed by atoms with van der Waals surface area (Å²) in [5.74, 6) is 0.789. The standard InChI is InChI=1S/C14H27NO/c1-4-8-15-14(10-12(3)5-2)13-7-6-9-16-11-13/h11-12,14-15H,4-10H2,1-3H3. The van der Waals surface area contributed by atoms with Crippen molar-refractivity contribution in [3.05, 3.63) is 11.8 Å². The lowest BCUT2D eigenvalue weighted by atomic mass is 9.92. The molecule has 0 spiro atoms. The summed E-state index contributed by atoms with van der Waals surface area (Å²) < 4.78 is 5.46. The molecule has 1 N–H and O–H groups in total. The van der Waals surface area contributed by atoms with Crippen LogP contribution in [0, 0.1) is 5.92 Å². The average Bonchev–Trinajstić information content (AvgIpc) is 2.35. The van der Waals surface area contributed by atoms with E-state index in [0.717, 1.165) is 19.1 Å². The van der Waals surface area contributed by atoms with E-state index < -0.39 is 0 Å². The molecule has 0 aromatic carbocycles. The van der Waals surface area contributed by atoms with Crippen LogP contribution in [0.4, 0.5) is 0 Å². The zero-order valence-electron chi connectivity index (χ0n) is 11.1. The van der Waals surface area contributed by atoms with Crippen LogP contribution in [-0.4, -0.2) is 19.2 Å². The van der Waals surface area contributed by atoms with Crippen LogP contribution in [-0.2, 0) is 4.74 Å². The topological polar surface area (TPSA) is 21.3 Å². The van der Waals surface area contributed by atoms with Crippen molar-refractivity contribution in [3.63, 3.8) is 0 Å². The first-order valence-electron chi connectivity index (χ1n) is 6.81. The summed E-state index contributed by atoms with van der Waals surface area (Å²) in [6.07, 6.45) is 8.09. The molecule has 0 bridgehead atoms. The Morgan fingerprint density at radius 3 is 2.81 bits per heavy atom. The van der Waals surface area contributed by atoms with Crippen LogP contribution in [0.3, 0.4) is 0 Å². The Bertz CT molecular complexity index is 213. The number of rotatable bonds is 7. The third-order valence-electron chi connectivity index (χ3n) is 3.39. The van der Waals surface area contributed by atoms with E-state index in [1.807, 2.05) is 6.26 Å². The predicted molar refractivity (Wildman–Crippen MR) is 69.4 cm³/mol. The Kier molecular flexibility index (Phi) is 6.55. The minimum atomic E-state index is 0.537. The molecule has 1 rings (SSSR count). The Morgan fingerprint density at radius 2 is 2.25 bits per heavy atom. The van der Waals surface area contributed by atoms with Crippen LogP contribution in [0.15, 0.2) is 11.8 Å². The van der Waals surface area contributed by atoms with Gasteiger partial charge in [0.15, 0.2) is 0 Å². The van der Waals surface area contributed by atoms with Gasteiger partial charge in [-0.15, -0.1) is 0 Å². The second kappa shape index (κ2) is 7.72. The van der Waals surface area contributed by atoms with Crippen molar-refractivity contribution in [1.29, 1.82) is 0 Å². The monoisotopic (exact) mass is 225 g/mol. The lowest BCUT2D eigenvalue weighted by molar-refractivity contribution is 0.217. The van der Waals surface area contributed by atoms with Crippen molar-refractivity contribution in [1.82, 2.24) is 5.32 Å². The van der Waals surface area contributed by atoms with E-state index in [1.165, 1.54) is 37.7 Å². The normalized spacial score (nSPS) is 19.8. The quantitative estimate of drug-likeness (QED) is 0.716. The van der Waals surface area contributed by atoms with Crippen LogP contribution < -0.4 is 5.32 Å². The molecule has 0 aliphatic carbocycles. The van der Waals surface area contributed by atoms with Crippen LogP contribution in [0.5, 0.6) is 0 Å². The lowest BCUT2D eigenvalue weighted by Crippen LogP contribution is -2.34. The summed E-state index contributed by atoms with van der Waals surface area (Å²) in [5.41, 5.74) is 1.47. The van der Waals surface area contributed by atoms with Crippen molar-refractivity contribution in [2.24, 2.45) is 5.92 Å². The molecular weight excluding hydrogens is 198 g/mol. The van der Waals surface area contributed by atoms with E-state index in [-0.39, 0.29) is 0 Å². The van der Waals surface area contributed by atoms with Crippen molar-refractivity contribution in [2.75, 3.05) is 13.2 Å². The number of hydrogen-bond acceptors (Lipinski definition) is 2. The molecule has 2 nitrogen and oxygen atoms in total. The molecule has 1 aliphatic heterocycles. The Balaban J connectivity index is 2.51. The van der Waals surface area contributed by atoms with Crippen molar-refractivity contribution in [2.45, 2.75) is 58.9 Å². The third-order valence-corrected chi connectivity index (χ3v) is 3.39. The van der Waals surface area contributed by atoms with Gasteiger partial charge in [0.25, 0.3) is 0 Å². The Morgan fingerprint density at radius 1 is 1.44 bits per heavy atom. The number of ether oxygens (including phenoxy) is 1. The molecule has 0 amide bonds. The maximum Gasteiger partial charge on any atom is 0.0876 e. The molecule has 0 radical (unpaired) electrons. The van der Waals surface area contributed by atoms with Crippen LogP contribution in [0.2, 0.25) is 0 Å². The summed E-state index contributed by atoms with van der Waals surface area (Å²) in [5, 5.41) is 3.66. The van der Waals surface area contributed by atoms with E-state index in [4.69, 9.17) is 4.74 Å². The smallest absolute Gasteiger partial charge is 0.0876 e. The lowest BCUT2D eigenvalue weighted by Gasteiger charge is -2.26.